The number of amides is 1. The van der Waals surface area contributed by atoms with Crippen molar-refractivity contribution in [3.8, 4) is 10.6 Å². The van der Waals surface area contributed by atoms with Crippen molar-refractivity contribution in [2.75, 3.05) is 6.54 Å². The third-order valence-electron chi connectivity index (χ3n) is 3.72. The molecule has 3 aromatic heterocycles. The average Bonchev–Trinajstić information content (AvgIpc) is 3.26. The fraction of sp³-hybridized carbons (Fsp3) is 0.353. The number of thiazole rings is 1. The van der Waals surface area contributed by atoms with Gasteiger partial charge in [-0.3, -0.25) is 9.89 Å². The molecular formula is C17H19BrN4OS2. The normalized spacial score (nSPS) is 11.2. The lowest BCUT2D eigenvalue weighted by molar-refractivity contribution is 0.0948. The predicted octanol–water partition coefficient (Wildman–Crippen LogP) is 4.76. The Hall–Kier alpha value is -1.51. The largest absolute Gasteiger partial charge is 0.350 e. The highest BCUT2D eigenvalue weighted by Gasteiger charge is 2.19. The predicted molar refractivity (Wildman–Crippen MR) is 107 cm³/mol. The van der Waals surface area contributed by atoms with Crippen molar-refractivity contribution in [2.45, 2.75) is 33.1 Å². The van der Waals surface area contributed by atoms with E-state index in [1.54, 1.807) is 22.7 Å². The number of aromatic amines is 1. The van der Waals surface area contributed by atoms with Gasteiger partial charge in [0.1, 0.15) is 0 Å². The van der Waals surface area contributed by atoms with Crippen LogP contribution in [0.3, 0.4) is 0 Å². The zero-order valence-electron chi connectivity index (χ0n) is 14.2. The monoisotopic (exact) mass is 438 g/mol. The number of halogens is 1. The van der Waals surface area contributed by atoms with Crippen molar-refractivity contribution >= 4 is 44.5 Å². The Labute approximate surface area is 163 Å². The molecule has 0 bridgehead atoms. The first-order valence-electron chi connectivity index (χ1n) is 7.99. The van der Waals surface area contributed by atoms with Crippen LogP contribution in [0.15, 0.2) is 22.0 Å². The zero-order valence-corrected chi connectivity index (χ0v) is 17.4. The summed E-state index contributed by atoms with van der Waals surface area (Å²) in [7, 11) is 0. The number of carbonyl (C=O) groups is 1. The SMILES string of the molecule is Cc1nc(-c2ccc(CCNC(=O)c3n[nH]c(C(C)C)c3Br)s2)cs1. The number of aromatic nitrogens is 3. The van der Waals surface area contributed by atoms with Crippen LogP contribution in [0.1, 0.15) is 45.8 Å². The minimum Gasteiger partial charge on any atom is -0.350 e. The molecular weight excluding hydrogens is 420 g/mol. The van der Waals surface area contributed by atoms with E-state index in [0.717, 1.165) is 27.3 Å². The molecule has 0 aliphatic carbocycles. The van der Waals surface area contributed by atoms with E-state index in [-0.39, 0.29) is 11.8 Å². The summed E-state index contributed by atoms with van der Waals surface area (Å²) in [6.45, 7) is 6.69. The number of thiophene rings is 1. The molecule has 0 spiro atoms. The molecule has 0 aliphatic rings. The van der Waals surface area contributed by atoms with Crippen LogP contribution >= 0.6 is 38.6 Å². The molecule has 132 valence electrons. The molecule has 0 fully saturated rings. The fourth-order valence-electron chi connectivity index (χ4n) is 2.38. The van der Waals surface area contributed by atoms with E-state index in [1.165, 1.54) is 9.75 Å². The standard InChI is InChI=1S/C17H19BrN4OS2/c1-9(2)15-14(18)16(22-21-15)17(23)19-7-6-11-4-5-13(25-11)12-8-24-10(3)20-12/h4-5,8-9H,6-7H2,1-3H3,(H,19,23)(H,21,22). The minimum absolute atomic E-state index is 0.165. The van der Waals surface area contributed by atoms with E-state index in [1.807, 2.05) is 6.92 Å². The highest BCUT2D eigenvalue weighted by molar-refractivity contribution is 9.10. The minimum atomic E-state index is -0.165. The molecule has 1 amide bonds. The molecule has 25 heavy (non-hydrogen) atoms. The number of hydrogen-bond acceptors (Lipinski definition) is 5. The number of rotatable bonds is 6. The molecule has 2 N–H and O–H groups in total. The number of aryl methyl sites for hydroxylation is 1. The van der Waals surface area contributed by atoms with Crippen LogP contribution in [-0.4, -0.2) is 27.6 Å². The third kappa shape index (κ3) is 4.19. The van der Waals surface area contributed by atoms with Crippen molar-refractivity contribution in [1.29, 1.82) is 0 Å². The molecule has 8 heteroatoms. The third-order valence-corrected chi connectivity index (χ3v) is 6.46. The first-order valence-corrected chi connectivity index (χ1v) is 10.5. The van der Waals surface area contributed by atoms with Gasteiger partial charge in [0, 0.05) is 16.8 Å². The second kappa shape index (κ2) is 7.80. The van der Waals surface area contributed by atoms with E-state index < -0.39 is 0 Å². The maximum atomic E-state index is 12.3. The number of nitrogens with one attached hydrogen (secondary N) is 2. The van der Waals surface area contributed by atoms with Crippen molar-refractivity contribution in [1.82, 2.24) is 20.5 Å². The van der Waals surface area contributed by atoms with Crippen molar-refractivity contribution in [2.24, 2.45) is 0 Å². The van der Waals surface area contributed by atoms with Crippen LogP contribution in [0.5, 0.6) is 0 Å². The van der Waals surface area contributed by atoms with Crippen LogP contribution in [0.4, 0.5) is 0 Å². The Bertz CT molecular complexity index is 881. The fourth-order valence-corrected chi connectivity index (χ4v) is 4.85. The molecule has 0 atom stereocenters. The lowest BCUT2D eigenvalue weighted by atomic mass is 10.1. The average molecular weight is 439 g/mol. The van der Waals surface area contributed by atoms with Crippen LogP contribution < -0.4 is 5.32 Å². The Balaban J connectivity index is 1.56. The summed E-state index contributed by atoms with van der Waals surface area (Å²) in [4.78, 5) is 19.2. The molecule has 5 nitrogen and oxygen atoms in total. The Kier molecular flexibility index (Phi) is 5.71. The van der Waals surface area contributed by atoms with Crippen LogP contribution in [0.25, 0.3) is 10.6 Å². The summed E-state index contributed by atoms with van der Waals surface area (Å²) in [6.07, 6.45) is 0.790. The highest BCUT2D eigenvalue weighted by atomic mass is 79.9. The molecule has 3 heterocycles. The van der Waals surface area contributed by atoms with Crippen molar-refractivity contribution in [3.05, 3.63) is 43.3 Å². The van der Waals surface area contributed by atoms with Gasteiger partial charge in [0.05, 0.1) is 25.7 Å². The molecule has 0 aromatic carbocycles. The van der Waals surface area contributed by atoms with Gasteiger partial charge in [-0.25, -0.2) is 4.98 Å². The van der Waals surface area contributed by atoms with E-state index in [9.17, 15) is 4.79 Å². The van der Waals surface area contributed by atoms with Gasteiger partial charge < -0.3 is 5.32 Å². The van der Waals surface area contributed by atoms with Crippen LogP contribution in [0.2, 0.25) is 0 Å². The summed E-state index contributed by atoms with van der Waals surface area (Å²) in [5.74, 6) is 0.115. The first kappa shape index (κ1) is 18.3. The summed E-state index contributed by atoms with van der Waals surface area (Å²) in [6, 6.07) is 4.19. The molecule has 3 rings (SSSR count). The van der Waals surface area contributed by atoms with Gasteiger partial charge in [0.25, 0.3) is 5.91 Å². The number of carbonyl (C=O) groups excluding carboxylic acids is 1. The van der Waals surface area contributed by atoms with Crippen molar-refractivity contribution < 1.29 is 4.79 Å². The van der Waals surface area contributed by atoms with E-state index in [4.69, 9.17) is 0 Å². The smallest absolute Gasteiger partial charge is 0.272 e. The maximum Gasteiger partial charge on any atom is 0.272 e. The maximum absolute atomic E-state index is 12.3. The summed E-state index contributed by atoms with van der Waals surface area (Å²) < 4.78 is 0.748. The van der Waals surface area contributed by atoms with Gasteiger partial charge in [-0.1, -0.05) is 13.8 Å². The Morgan fingerprint density at radius 3 is 2.84 bits per heavy atom. The van der Waals surface area contributed by atoms with Gasteiger partial charge in [0.2, 0.25) is 0 Å². The molecule has 0 aliphatic heterocycles. The quantitative estimate of drug-likeness (QED) is 0.582. The Morgan fingerprint density at radius 1 is 1.40 bits per heavy atom. The van der Waals surface area contributed by atoms with Gasteiger partial charge in [-0.15, -0.1) is 22.7 Å². The molecule has 0 saturated carbocycles. The molecule has 0 radical (unpaired) electrons. The Morgan fingerprint density at radius 2 is 2.20 bits per heavy atom. The number of hydrogen-bond donors (Lipinski definition) is 2. The first-order chi connectivity index (χ1) is 12.0. The number of nitrogens with zero attached hydrogens (tertiary/aromatic N) is 2. The second-order valence-electron chi connectivity index (χ2n) is 5.98. The molecule has 0 saturated heterocycles. The summed E-state index contributed by atoms with van der Waals surface area (Å²) >= 11 is 6.84. The van der Waals surface area contributed by atoms with Gasteiger partial charge >= 0.3 is 0 Å². The molecule has 3 aromatic rings. The lowest BCUT2D eigenvalue weighted by Crippen LogP contribution is -2.26. The summed E-state index contributed by atoms with van der Waals surface area (Å²) in [5, 5.41) is 13.1. The van der Waals surface area contributed by atoms with Crippen LogP contribution in [0, 0.1) is 6.92 Å². The second-order valence-corrected chi connectivity index (χ2v) is 9.00. The van der Waals surface area contributed by atoms with Gasteiger partial charge in [0.15, 0.2) is 5.69 Å². The lowest BCUT2D eigenvalue weighted by Gasteiger charge is -2.03. The summed E-state index contributed by atoms with van der Waals surface area (Å²) in [5.41, 5.74) is 2.38. The van der Waals surface area contributed by atoms with E-state index in [0.29, 0.717) is 12.2 Å². The zero-order chi connectivity index (χ0) is 18.0. The highest BCUT2D eigenvalue weighted by Crippen LogP contribution is 2.29. The van der Waals surface area contributed by atoms with Gasteiger partial charge in [-0.05, 0) is 47.3 Å². The van der Waals surface area contributed by atoms with Crippen LogP contribution in [-0.2, 0) is 6.42 Å². The van der Waals surface area contributed by atoms with Gasteiger partial charge in [-0.2, -0.15) is 5.10 Å². The topological polar surface area (TPSA) is 70.7 Å². The van der Waals surface area contributed by atoms with E-state index in [2.05, 4.69) is 67.8 Å². The number of H-pyrrole nitrogens is 1. The van der Waals surface area contributed by atoms with E-state index >= 15 is 0 Å². The molecule has 0 unspecified atom stereocenters. The van der Waals surface area contributed by atoms with Crippen molar-refractivity contribution in [3.63, 3.8) is 0 Å².